The van der Waals surface area contributed by atoms with Crippen molar-refractivity contribution in [1.82, 2.24) is 9.73 Å². The summed E-state index contributed by atoms with van der Waals surface area (Å²) in [5.41, 5.74) is 4.62. The molecule has 3 rings (SSSR count). The van der Waals surface area contributed by atoms with Crippen molar-refractivity contribution in [2.24, 2.45) is 5.10 Å². The van der Waals surface area contributed by atoms with Crippen molar-refractivity contribution in [3.05, 3.63) is 89.5 Å². The molecular weight excluding hydrogens is 442 g/mol. The number of hydrazone groups is 1. The summed E-state index contributed by atoms with van der Waals surface area (Å²) in [5, 5.41) is 13.5. The number of phenols is 1. The van der Waals surface area contributed by atoms with Crippen molar-refractivity contribution in [2.75, 3.05) is 13.7 Å². The highest BCUT2D eigenvalue weighted by molar-refractivity contribution is 7.89. The smallest absolute Gasteiger partial charge is 0.255 e. The molecule has 3 aromatic carbocycles. The Morgan fingerprint density at radius 3 is 2.45 bits per heavy atom. The lowest BCUT2D eigenvalue weighted by atomic mass is 10.2. The number of aryl methyl sites for hydroxylation is 1. The van der Waals surface area contributed by atoms with Crippen LogP contribution in [0.2, 0.25) is 0 Å². The Bertz CT molecular complexity index is 1230. The molecule has 0 fully saturated rings. The van der Waals surface area contributed by atoms with Gasteiger partial charge in [-0.2, -0.15) is 9.41 Å². The molecule has 0 atom stereocenters. The maximum Gasteiger partial charge on any atom is 0.255 e. The van der Waals surface area contributed by atoms with Crippen LogP contribution >= 0.6 is 0 Å². The van der Waals surface area contributed by atoms with E-state index in [0.29, 0.717) is 5.56 Å². The van der Waals surface area contributed by atoms with E-state index in [2.05, 4.69) is 10.5 Å². The summed E-state index contributed by atoms with van der Waals surface area (Å²) in [6, 6.07) is 20.1. The summed E-state index contributed by atoms with van der Waals surface area (Å²) in [6.45, 7) is 1.48. The van der Waals surface area contributed by atoms with Gasteiger partial charge in [-0.3, -0.25) is 4.79 Å². The Kier molecular flexibility index (Phi) is 7.81. The van der Waals surface area contributed by atoms with E-state index in [1.807, 2.05) is 25.1 Å². The largest absolute Gasteiger partial charge is 0.504 e. The number of carbonyl (C=O) groups is 1. The molecule has 0 aliphatic carbocycles. The zero-order chi connectivity index (χ0) is 23.8. The molecule has 8 nitrogen and oxygen atoms in total. The Morgan fingerprint density at radius 1 is 1.09 bits per heavy atom. The third-order valence-corrected chi connectivity index (χ3v) is 6.59. The first-order valence-electron chi connectivity index (χ1n) is 10.1. The van der Waals surface area contributed by atoms with Crippen molar-refractivity contribution in [3.8, 4) is 11.5 Å². The predicted molar refractivity (Wildman–Crippen MR) is 126 cm³/mol. The van der Waals surface area contributed by atoms with Gasteiger partial charge in [0.2, 0.25) is 10.0 Å². The van der Waals surface area contributed by atoms with Crippen LogP contribution in [0.4, 0.5) is 0 Å². The zero-order valence-corrected chi connectivity index (χ0v) is 19.1. The van der Waals surface area contributed by atoms with Gasteiger partial charge in [-0.25, -0.2) is 13.8 Å². The molecule has 0 radical (unpaired) electrons. The molecule has 2 N–H and O–H groups in total. The normalized spacial score (nSPS) is 11.6. The molecule has 0 heterocycles. The van der Waals surface area contributed by atoms with E-state index in [1.54, 1.807) is 36.4 Å². The van der Waals surface area contributed by atoms with E-state index in [9.17, 15) is 18.3 Å². The maximum atomic E-state index is 13.3. The summed E-state index contributed by atoms with van der Waals surface area (Å²) in [6.07, 6.45) is 1.37. The van der Waals surface area contributed by atoms with Gasteiger partial charge in [-0.15, -0.1) is 0 Å². The van der Waals surface area contributed by atoms with Crippen LogP contribution in [0.1, 0.15) is 16.7 Å². The minimum atomic E-state index is -3.93. The maximum absolute atomic E-state index is 13.3. The minimum Gasteiger partial charge on any atom is -0.504 e. The Balaban J connectivity index is 1.76. The molecule has 0 aliphatic heterocycles. The third kappa shape index (κ3) is 6.41. The van der Waals surface area contributed by atoms with Gasteiger partial charge in [0, 0.05) is 6.54 Å². The Hall–Kier alpha value is -3.69. The van der Waals surface area contributed by atoms with E-state index in [4.69, 9.17) is 4.74 Å². The summed E-state index contributed by atoms with van der Waals surface area (Å²) in [5.74, 6) is -0.344. The fourth-order valence-corrected chi connectivity index (χ4v) is 4.41. The topological polar surface area (TPSA) is 108 Å². The highest BCUT2D eigenvalue weighted by Crippen LogP contribution is 2.25. The van der Waals surface area contributed by atoms with Crippen molar-refractivity contribution >= 4 is 22.1 Å². The molecule has 3 aromatic rings. The number of amides is 1. The van der Waals surface area contributed by atoms with Crippen molar-refractivity contribution in [3.63, 3.8) is 0 Å². The summed E-state index contributed by atoms with van der Waals surface area (Å²) in [4.78, 5) is 12.7. The third-order valence-electron chi connectivity index (χ3n) is 4.79. The number of nitrogens with zero attached hydrogens (tertiary/aromatic N) is 2. The molecule has 0 bridgehead atoms. The number of ether oxygens (including phenoxy) is 1. The quantitative estimate of drug-likeness (QED) is 0.371. The van der Waals surface area contributed by atoms with Crippen LogP contribution in [-0.2, 0) is 21.4 Å². The summed E-state index contributed by atoms with van der Waals surface area (Å²) >= 11 is 0. The SMILES string of the molecule is COc1cc(/C=N/NC(=O)CN(Cc2ccccc2)S(=O)(=O)c2ccc(C)cc2)ccc1O. The van der Waals surface area contributed by atoms with Crippen LogP contribution in [0.15, 0.2) is 82.8 Å². The molecule has 172 valence electrons. The van der Waals surface area contributed by atoms with E-state index in [-0.39, 0.29) is 22.9 Å². The molecular formula is C24H25N3O5S. The second-order valence-corrected chi connectivity index (χ2v) is 9.23. The number of phenolic OH excluding ortho intramolecular Hbond substituents is 1. The highest BCUT2D eigenvalue weighted by Gasteiger charge is 2.26. The molecule has 0 saturated carbocycles. The lowest BCUT2D eigenvalue weighted by Gasteiger charge is -2.21. The number of sulfonamides is 1. The van der Waals surface area contributed by atoms with E-state index in [1.165, 1.54) is 31.5 Å². The fraction of sp³-hybridized carbons (Fsp3) is 0.167. The molecule has 1 amide bonds. The first kappa shape index (κ1) is 24.0. The lowest BCUT2D eigenvalue weighted by molar-refractivity contribution is -0.121. The van der Waals surface area contributed by atoms with E-state index < -0.39 is 22.5 Å². The van der Waals surface area contributed by atoms with Crippen LogP contribution < -0.4 is 10.2 Å². The monoisotopic (exact) mass is 467 g/mol. The van der Waals surface area contributed by atoms with Crippen LogP contribution in [0.5, 0.6) is 11.5 Å². The van der Waals surface area contributed by atoms with Gasteiger partial charge in [0.05, 0.1) is 24.8 Å². The molecule has 33 heavy (non-hydrogen) atoms. The van der Waals surface area contributed by atoms with Crippen LogP contribution in [0.25, 0.3) is 0 Å². The number of benzene rings is 3. The zero-order valence-electron chi connectivity index (χ0n) is 18.3. The number of hydrogen-bond acceptors (Lipinski definition) is 6. The van der Waals surface area contributed by atoms with Crippen LogP contribution in [-0.4, -0.2) is 43.6 Å². The average Bonchev–Trinajstić information content (AvgIpc) is 2.80. The highest BCUT2D eigenvalue weighted by atomic mass is 32.2. The predicted octanol–water partition coefficient (Wildman–Crippen LogP) is 3.05. The summed E-state index contributed by atoms with van der Waals surface area (Å²) in [7, 11) is -2.50. The second-order valence-electron chi connectivity index (χ2n) is 7.30. The lowest BCUT2D eigenvalue weighted by Crippen LogP contribution is -2.39. The van der Waals surface area contributed by atoms with Gasteiger partial charge >= 0.3 is 0 Å². The number of carbonyl (C=O) groups excluding carboxylic acids is 1. The first-order valence-corrected chi connectivity index (χ1v) is 11.5. The fourth-order valence-electron chi connectivity index (χ4n) is 3.02. The van der Waals surface area contributed by atoms with Crippen LogP contribution in [0.3, 0.4) is 0 Å². The van der Waals surface area contributed by atoms with Crippen molar-refractivity contribution < 1.29 is 23.1 Å². The van der Waals surface area contributed by atoms with Gasteiger partial charge in [-0.05, 0) is 48.4 Å². The molecule has 0 unspecified atom stereocenters. The Labute approximate surface area is 193 Å². The molecule has 9 heteroatoms. The number of methoxy groups -OCH3 is 1. The van der Waals surface area contributed by atoms with Gasteiger partial charge in [0.15, 0.2) is 11.5 Å². The molecule has 0 aliphatic rings. The van der Waals surface area contributed by atoms with Crippen molar-refractivity contribution in [2.45, 2.75) is 18.4 Å². The number of nitrogens with one attached hydrogen (secondary N) is 1. The van der Waals surface area contributed by atoms with Gasteiger partial charge in [0.1, 0.15) is 0 Å². The van der Waals surface area contributed by atoms with Crippen LogP contribution in [0, 0.1) is 6.92 Å². The van der Waals surface area contributed by atoms with Gasteiger partial charge in [0.25, 0.3) is 5.91 Å². The Morgan fingerprint density at radius 2 is 1.79 bits per heavy atom. The van der Waals surface area contributed by atoms with Gasteiger partial charge < -0.3 is 9.84 Å². The second kappa shape index (κ2) is 10.8. The minimum absolute atomic E-state index is 0.0171. The number of rotatable bonds is 9. The first-order chi connectivity index (χ1) is 15.8. The average molecular weight is 468 g/mol. The molecule has 0 saturated heterocycles. The molecule has 0 aromatic heterocycles. The standard InChI is InChI=1S/C24H25N3O5S/c1-18-8-11-21(12-9-18)33(30,31)27(16-19-6-4-3-5-7-19)17-24(29)26-25-15-20-10-13-22(28)23(14-20)32-2/h3-15,28H,16-17H2,1-2H3,(H,26,29)/b25-15+. The molecule has 0 spiro atoms. The van der Waals surface area contributed by atoms with Gasteiger partial charge in [-0.1, -0.05) is 48.0 Å². The van der Waals surface area contributed by atoms with E-state index >= 15 is 0 Å². The number of hydrogen-bond donors (Lipinski definition) is 2. The van der Waals surface area contributed by atoms with Crippen molar-refractivity contribution in [1.29, 1.82) is 0 Å². The number of aromatic hydroxyl groups is 1. The summed E-state index contributed by atoms with van der Waals surface area (Å²) < 4.78 is 32.7. The van der Waals surface area contributed by atoms with E-state index in [0.717, 1.165) is 15.4 Å².